The number of nitrogens with zero attached hydrogens (tertiary/aromatic N) is 2. The Kier molecular flexibility index (Phi) is 4.09. The Morgan fingerprint density at radius 1 is 1.89 bits per heavy atom. The normalized spacial score (nSPS) is 15.1. The Morgan fingerprint density at radius 3 is 2.78 bits per heavy atom. The van der Waals surface area contributed by atoms with Crippen LogP contribution in [0, 0.1) is 17.9 Å². The highest BCUT2D eigenvalue weighted by Gasteiger charge is 2.10. The second-order valence-electron chi connectivity index (χ2n) is 1.81. The van der Waals surface area contributed by atoms with Gasteiger partial charge in [-0.25, -0.2) is 6.57 Å². The molecule has 0 spiro atoms. The number of alkyl halides is 1. The summed E-state index contributed by atoms with van der Waals surface area (Å²) >= 11 is 3.11. The monoisotopic (exact) mass is 186 g/mol. The molecule has 0 aliphatic rings. The van der Waals surface area contributed by atoms with Gasteiger partial charge in [-0.05, 0) is 0 Å². The zero-order chi connectivity index (χ0) is 7.28. The summed E-state index contributed by atoms with van der Waals surface area (Å²) in [5.41, 5.74) is 0. The van der Waals surface area contributed by atoms with E-state index >= 15 is 0 Å². The molecule has 48 valence electrons. The van der Waals surface area contributed by atoms with E-state index < -0.39 is 0 Å². The first-order chi connectivity index (χ1) is 4.20. The summed E-state index contributed by atoms with van der Waals surface area (Å²) in [5.74, 6) is 0. The van der Waals surface area contributed by atoms with Crippen LogP contribution in [0.4, 0.5) is 0 Å². The van der Waals surface area contributed by atoms with Crippen LogP contribution in [0.15, 0.2) is 0 Å². The molecule has 0 bridgehead atoms. The van der Waals surface area contributed by atoms with Gasteiger partial charge in [-0.1, -0.05) is 15.9 Å². The minimum absolute atomic E-state index is 0.0472. The van der Waals surface area contributed by atoms with E-state index in [9.17, 15) is 0 Å². The first kappa shape index (κ1) is 8.46. The Hall–Kier alpha value is -0.540. The van der Waals surface area contributed by atoms with Crippen molar-refractivity contribution in [2.45, 2.75) is 24.2 Å². The number of rotatable bonds is 2. The van der Waals surface area contributed by atoms with Crippen LogP contribution in [0.25, 0.3) is 4.85 Å². The van der Waals surface area contributed by atoms with Gasteiger partial charge in [0.05, 0.1) is 6.07 Å². The van der Waals surface area contributed by atoms with Gasteiger partial charge in [0.2, 0.25) is 6.04 Å². The Balaban J connectivity index is 3.53. The average molecular weight is 187 g/mol. The maximum atomic E-state index is 8.28. The van der Waals surface area contributed by atoms with Gasteiger partial charge >= 0.3 is 0 Å². The molecule has 3 heteroatoms. The lowest BCUT2D eigenvalue weighted by atomic mass is 10.2. The Morgan fingerprint density at radius 2 is 2.44 bits per heavy atom. The van der Waals surface area contributed by atoms with Crippen LogP contribution in [0.3, 0.4) is 0 Å². The molecule has 0 aromatic rings. The molecule has 0 aliphatic heterocycles. The molecule has 0 heterocycles. The highest BCUT2D eigenvalue weighted by molar-refractivity contribution is 9.09. The molecule has 0 aromatic carbocycles. The van der Waals surface area contributed by atoms with Gasteiger partial charge in [0, 0.05) is 13.3 Å². The molecule has 0 saturated heterocycles. The van der Waals surface area contributed by atoms with Crippen LogP contribution >= 0.6 is 15.9 Å². The third-order valence-corrected chi connectivity index (χ3v) is 1.49. The molecule has 2 nitrogen and oxygen atoms in total. The SMILES string of the molecule is [C-]#[N+]C(C)CC(Br)C#N. The molecule has 0 rings (SSSR count). The summed E-state index contributed by atoms with van der Waals surface area (Å²) in [6, 6.07) is 1.96. The number of hydrogen-bond donors (Lipinski definition) is 0. The minimum Gasteiger partial charge on any atom is -0.314 e. The van der Waals surface area contributed by atoms with Gasteiger partial charge in [-0.15, -0.1) is 0 Å². The van der Waals surface area contributed by atoms with Gasteiger partial charge in [-0.3, -0.25) is 0 Å². The summed E-state index contributed by atoms with van der Waals surface area (Å²) < 4.78 is 0. The fourth-order valence-corrected chi connectivity index (χ4v) is 0.946. The van der Waals surface area contributed by atoms with E-state index in [4.69, 9.17) is 11.8 Å². The number of hydrogen-bond acceptors (Lipinski definition) is 1. The van der Waals surface area contributed by atoms with Crippen LogP contribution in [-0.4, -0.2) is 10.9 Å². The van der Waals surface area contributed by atoms with Crippen molar-refractivity contribution in [1.82, 2.24) is 0 Å². The molecule has 0 saturated carbocycles. The van der Waals surface area contributed by atoms with E-state index in [0.29, 0.717) is 6.42 Å². The topological polar surface area (TPSA) is 28.1 Å². The first-order valence-electron chi connectivity index (χ1n) is 2.61. The summed E-state index contributed by atoms with van der Waals surface area (Å²) in [4.78, 5) is 3.08. The van der Waals surface area contributed by atoms with Crippen LogP contribution in [0.1, 0.15) is 13.3 Å². The van der Waals surface area contributed by atoms with E-state index in [2.05, 4.69) is 20.8 Å². The molecule has 0 aromatic heterocycles. The third kappa shape index (κ3) is 4.00. The summed E-state index contributed by atoms with van der Waals surface area (Å²) in [7, 11) is 0. The smallest absolute Gasteiger partial charge is 0.223 e. The highest BCUT2D eigenvalue weighted by Crippen LogP contribution is 2.08. The summed E-state index contributed by atoms with van der Waals surface area (Å²) in [5, 5.41) is 8.28. The van der Waals surface area contributed by atoms with E-state index in [1.807, 2.05) is 6.07 Å². The van der Waals surface area contributed by atoms with E-state index in [1.54, 1.807) is 6.92 Å². The van der Waals surface area contributed by atoms with Crippen LogP contribution in [0.2, 0.25) is 0 Å². The molecule has 0 fully saturated rings. The van der Waals surface area contributed by atoms with Crippen molar-refractivity contribution in [2.75, 3.05) is 0 Å². The maximum absolute atomic E-state index is 8.28. The fourth-order valence-electron chi connectivity index (χ4n) is 0.405. The van der Waals surface area contributed by atoms with Crippen molar-refractivity contribution < 1.29 is 0 Å². The quantitative estimate of drug-likeness (QED) is 0.479. The zero-order valence-electron chi connectivity index (χ0n) is 5.13. The number of nitriles is 1. The predicted molar refractivity (Wildman–Crippen MR) is 39.0 cm³/mol. The minimum atomic E-state index is -0.165. The fraction of sp³-hybridized carbons (Fsp3) is 0.667. The van der Waals surface area contributed by atoms with Crippen LogP contribution in [0.5, 0.6) is 0 Å². The van der Waals surface area contributed by atoms with E-state index in [1.165, 1.54) is 0 Å². The van der Waals surface area contributed by atoms with Gasteiger partial charge in [0.15, 0.2) is 0 Å². The molecule has 9 heavy (non-hydrogen) atoms. The van der Waals surface area contributed by atoms with Gasteiger partial charge in [0.1, 0.15) is 4.83 Å². The molecule has 2 unspecified atom stereocenters. The molecule has 0 N–H and O–H groups in total. The predicted octanol–water partition coefficient (Wildman–Crippen LogP) is 1.97. The molecule has 2 atom stereocenters. The Bertz CT molecular complexity index is 135. The summed E-state index contributed by atoms with van der Waals surface area (Å²) in [6.07, 6.45) is 0.611. The van der Waals surface area contributed by atoms with Gasteiger partial charge in [-0.2, -0.15) is 5.26 Å². The largest absolute Gasteiger partial charge is 0.314 e. The van der Waals surface area contributed by atoms with Crippen molar-refractivity contribution in [3.8, 4) is 6.07 Å². The van der Waals surface area contributed by atoms with E-state index in [0.717, 1.165) is 0 Å². The molecular formula is C6H7BrN2. The van der Waals surface area contributed by atoms with Crippen molar-refractivity contribution in [2.24, 2.45) is 0 Å². The molecule has 0 radical (unpaired) electrons. The second-order valence-corrected chi connectivity index (χ2v) is 2.92. The standard InChI is InChI=1S/C6H7BrN2/c1-5(9-2)3-6(7)4-8/h5-6H,3H2,1H3. The van der Waals surface area contributed by atoms with Gasteiger partial charge in [0.25, 0.3) is 0 Å². The lowest BCUT2D eigenvalue weighted by Gasteiger charge is -1.96. The van der Waals surface area contributed by atoms with Crippen molar-refractivity contribution >= 4 is 15.9 Å². The molecular weight excluding hydrogens is 180 g/mol. The molecule has 0 aliphatic carbocycles. The van der Waals surface area contributed by atoms with Gasteiger partial charge < -0.3 is 4.85 Å². The first-order valence-corrected chi connectivity index (χ1v) is 3.52. The summed E-state index contributed by atoms with van der Waals surface area (Å²) in [6.45, 7) is 8.38. The second kappa shape index (κ2) is 4.35. The van der Waals surface area contributed by atoms with E-state index in [-0.39, 0.29) is 10.9 Å². The number of halogens is 1. The van der Waals surface area contributed by atoms with Crippen LogP contribution < -0.4 is 0 Å². The van der Waals surface area contributed by atoms with Crippen LogP contribution in [-0.2, 0) is 0 Å². The third-order valence-electron chi connectivity index (χ3n) is 0.909. The lowest BCUT2D eigenvalue weighted by molar-refractivity contribution is 0.781. The molecule has 0 amide bonds. The lowest BCUT2D eigenvalue weighted by Crippen LogP contribution is -2.03. The van der Waals surface area contributed by atoms with Crippen molar-refractivity contribution in [3.63, 3.8) is 0 Å². The average Bonchev–Trinajstić information content (AvgIpc) is 1.87. The Labute approximate surface area is 63.4 Å². The highest BCUT2D eigenvalue weighted by atomic mass is 79.9. The maximum Gasteiger partial charge on any atom is 0.223 e. The zero-order valence-corrected chi connectivity index (χ0v) is 6.72. The van der Waals surface area contributed by atoms with Crippen molar-refractivity contribution in [1.29, 1.82) is 5.26 Å². The van der Waals surface area contributed by atoms with Crippen molar-refractivity contribution in [3.05, 3.63) is 11.4 Å².